The van der Waals surface area contributed by atoms with Crippen LogP contribution in [0.4, 0.5) is 5.69 Å². The molecule has 20 heavy (non-hydrogen) atoms. The second-order valence-corrected chi connectivity index (χ2v) is 4.15. The summed E-state index contributed by atoms with van der Waals surface area (Å²) in [6, 6.07) is 9.02. The highest BCUT2D eigenvalue weighted by Crippen LogP contribution is 2.37. The molecular weight excluding hydrogens is 262 g/mol. The van der Waals surface area contributed by atoms with E-state index in [9.17, 15) is 20.1 Å². The predicted molar refractivity (Wildman–Crippen MR) is 72.2 cm³/mol. The molecule has 0 aromatic heterocycles. The molecule has 0 bridgehead atoms. The van der Waals surface area contributed by atoms with E-state index in [-0.39, 0.29) is 12.1 Å². The average Bonchev–Trinajstić information content (AvgIpc) is 2.44. The van der Waals surface area contributed by atoms with Crippen LogP contribution in [0.1, 0.15) is 15.9 Å². The minimum atomic E-state index is -1.06. The lowest BCUT2D eigenvalue weighted by Crippen LogP contribution is -2.06. The van der Waals surface area contributed by atoms with Crippen LogP contribution < -0.4 is 5.32 Å². The van der Waals surface area contributed by atoms with Crippen LogP contribution in [0.3, 0.4) is 0 Å². The van der Waals surface area contributed by atoms with Gasteiger partial charge in [0.25, 0.3) is 0 Å². The van der Waals surface area contributed by atoms with Gasteiger partial charge in [-0.3, -0.25) is 0 Å². The van der Waals surface area contributed by atoms with E-state index in [2.05, 4.69) is 5.32 Å². The summed E-state index contributed by atoms with van der Waals surface area (Å²) in [7, 11) is 0. The Morgan fingerprint density at radius 2 is 1.70 bits per heavy atom. The van der Waals surface area contributed by atoms with Crippen molar-refractivity contribution in [2.45, 2.75) is 6.54 Å². The molecule has 0 unspecified atom stereocenters. The third kappa shape index (κ3) is 2.59. The number of nitrogens with one attached hydrogen (secondary N) is 1. The zero-order valence-corrected chi connectivity index (χ0v) is 10.4. The van der Waals surface area contributed by atoms with Crippen molar-refractivity contribution >= 4 is 11.7 Å². The molecule has 2 rings (SSSR count). The first-order valence-electron chi connectivity index (χ1n) is 5.79. The summed E-state index contributed by atoms with van der Waals surface area (Å²) in [4.78, 5) is 11.0. The molecule has 0 spiro atoms. The van der Waals surface area contributed by atoms with Gasteiger partial charge < -0.3 is 25.7 Å². The zero-order chi connectivity index (χ0) is 14.7. The first-order valence-corrected chi connectivity index (χ1v) is 5.79. The number of hydrogen-bond donors (Lipinski definition) is 5. The number of para-hydroxylation sites is 1. The van der Waals surface area contributed by atoms with Crippen LogP contribution in [0.2, 0.25) is 0 Å². The Kier molecular flexibility index (Phi) is 3.65. The van der Waals surface area contributed by atoms with E-state index in [1.165, 1.54) is 18.2 Å². The number of carboxylic acids is 1. The first kappa shape index (κ1) is 13.5. The van der Waals surface area contributed by atoms with E-state index < -0.39 is 23.2 Å². The fourth-order valence-electron chi connectivity index (χ4n) is 1.77. The summed E-state index contributed by atoms with van der Waals surface area (Å²) >= 11 is 0. The van der Waals surface area contributed by atoms with Crippen LogP contribution in [0.25, 0.3) is 0 Å². The number of benzene rings is 2. The molecule has 2 aromatic carbocycles. The van der Waals surface area contributed by atoms with Crippen LogP contribution >= 0.6 is 0 Å². The molecular formula is C14H13NO5. The van der Waals surface area contributed by atoms with Gasteiger partial charge in [-0.2, -0.15) is 0 Å². The number of aromatic carboxylic acids is 1. The molecule has 0 saturated heterocycles. The summed E-state index contributed by atoms with van der Waals surface area (Å²) < 4.78 is 0. The number of aromatic hydroxyl groups is 3. The Morgan fingerprint density at radius 1 is 1.00 bits per heavy atom. The number of phenolic OH excluding ortho intramolecular Hbond substituents is 3. The number of carbonyl (C=O) groups is 1. The van der Waals surface area contributed by atoms with Gasteiger partial charge in [-0.15, -0.1) is 0 Å². The predicted octanol–water partition coefficient (Wildman–Crippen LogP) is 2.11. The van der Waals surface area contributed by atoms with Gasteiger partial charge in [0.1, 0.15) is 0 Å². The second-order valence-electron chi connectivity index (χ2n) is 4.15. The summed E-state index contributed by atoms with van der Waals surface area (Å²) in [6.45, 7) is 0.101. The number of phenols is 3. The Hall–Kier alpha value is -2.89. The molecule has 5 N–H and O–H groups in total. The van der Waals surface area contributed by atoms with Crippen molar-refractivity contribution < 1.29 is 25.2 Å². The minimum Gasteiger partial charge on any atom is -0.504 e. The summed E-state index contributed by atoms with van der Waals surface area (Å²) in [5, 5.41) is 40.2. The molecule has 0 aliphatic heterocycles. The number of rotatable bonds is 4. The third-order valence-corrected chi connectivity index (χ3v) is 2.84. The van der Waals surface area contributed by atoms with Crippen LogP contribution in [0.5, 0.6) is 17.2 Å². The average molecular weight is 275 g/mol. The monoisotopic (exact) mass is 275 g/mol. The highest BCUT2D eigenvalue weighted by atomic mass is 16.4. The maximum absolute atomic E-state index is 11.0. The third-order valence-electron chi connectivity index (χ3n) is 2.84. The van der Waals surface area contributed by atoms with E-state index in [0.29, 0.717) is 11.3 Å². The van der Waals surface area contributed by atoms with Crippen molar-refractivity contribution in [3.05, 3.63) is 47.5 Å². The van der Waals surface area contributed by atoms with Gasteiger partial charge >= 0.3 is 5.97 Å². The number of carboxylic acid groups (broad SMARTS) is 1. The van der Waals surface area contributed by atoms with Crippen molar-refractivity contribution in [2.24, 2.45) is 0 Å². The van der Waals surface area contributed by atoms with E-state index in [1.807, 2.05) is 0 Å². The smallest absolute Gasteiger partial charge is 0.337 e. The second kappa shape index (κ2) is 5.40. The normalized spacial score (nSPS) is 10.2. The van der Waals surface area contributed by atoms with Crippen molar-refractivity contribution in [1.82, 2.24) is 0 Å². The Bertz CT molecular complexity index is 654. The van der Waals surface area contributed by atoms with Gasteiger partial charge in [0, 0.05) is 17.8 Å². The Labute approximate surface area is 114 Å². The molecule has 104 valence electrons. The van der Waals surface area contributed by atoms with Gasteiger partial charge in [0.2, 0.25) is 5.75 Å². The molecule has 0 aliphatic rings. The molecule has 6 heteroatoms. The van der Waals surface area contributed by atoms with Crippen molar-refractivity contribution in [3.63, 3.8) is 0 Å². The summed E-state index contributed by atoms with van der Waals surface area (Å²) in [6.07, 6.45) is 0. The van der Waals surface area contributed by atoms with Crippen molar-refractivity contribution in [1.29, 1.82) is 0 Å². The highest BCUT2D eigenvalue weighted by Gasteiger charge is 2.12. The quantitative estimate of drug-likeness (QED) is 0.547. The lowest BCUT2D eigenvalue weighted by Gasteiger charge is -2.11. The molecule has 0 heterocycles. The molecule has 0 atom stereocenters. The van der Waals surface area contributed by atoms with E-state index in [4.69, 9.17) is 5.11 Å². The van der Waals surface area contributed by atoms with E-state index in [0.717, 1.165) is 0 Å². The van der Waals surface area contributed by atoms with Crippen molar-refractivity contribution in [2.75, 3.05) is 5.32 Å². The van der Waals surface area contributed by atoms with Crippen LogP contribution in [-0.4, -0.2) is 26.4 Å². The SMILES string of the molecule is O=C(O)c1ccccc1NCc1ccc(O)c(O)c1O. The summed E-state index contributed by atoms with van der Waals surface area (Å²) in [5.74, 6) is -2.52. The lowest BCUT2D eigenvalue weighted by atomic mass is 10.1. The van der Waals surface area contributed by atoms with Gasteiger partial charge in [-0.05, 0) is 24.3 Å². The Morgan fingerprint density at radius 3 is 2.40 bits per heavy atom. The topological polar surface area (TPSA) is 110 Å². The lowest BCUT2D eigenvalue weighted by molar-refractivity contribution is 0.0698. The van der Waals surface area contributed by atoms with Crippen LogP contribution in [-0.2, 0) is 6.54 Å². The van der Waals surface area contributed by atoms with E-state index in [1.54, 1.807) is 18.2 Å². The molecule has 0 radical (unpaired) electrons. The molecule has 0 saturated carbocycles. The molecule has 0 amide bonds. The van der Waals surface area contributed by atoms with Gasteiger partial charge in [-0.1, -0.05) is 12.1 Å². The summed E-state index contributed by atoms with van der Waals surface area (Å²) in [5.41, 5.74) is 0.836. The number of hydrogen-bond acceptors (Lipinski definition) is 5. The maximum atomic E-state index is 11.0. The van der Waals surface area contributed by atoms with Crippen molar-refractivity contribution in [3.8, 4) is 17.2 Å². The standard InChI is InChI=1S/C14H13NO5/c16-11-6-5-8(12(17)13(11)18)7-15-10-4-2-1-3-9(10)14(19)20/h1-6,15-18H,7H2,(H,19,20). The molecule has 0 fully saturated rings. The minimum absolute atomic E-state index is 0.101. The maximum Gasteiger partial charge on any atom is 0.337 e. The van der Waals surface area contributed by atoms with Crippen LogP contribution in [0.15, 0.2) is 36.4 Å². The number of anilines is 1. The van der Waals surface area contributed by atoms with Crippen LogP contribution in [0, 0.1) is 0 Å². The molecule has 2 aromatic rings. The van der Waals surface area contributed by atoms with Gasteiger partial charge in [0.15, 0.2) is 11.5 Å². The highest BCUT2D eigenvalue weighted by molar-refractivity contribution is 5.94. The van der Waals surface area contributed by atoms with E-state index >= 15 is 0 Å². The molecule has 0 aliphatic carbocycles. The fourth-order valence-corrected chi connectivity index (χ4v) is 1.77. The molecule has 6 nitrogen and oxygen atoms in total. The first-order chi connectivity index (χ1) is 9.50. The fraction of sp³-hybridized carbons (Fsp3) is 0.0714. The van der Waals surface area contributed by atoms with Gasteiger partial charge in [-0.25, -0.2) is 4.79 Å². The zero-order valence-electron chi connectivity index (χ0n) is 10.4. The largest absolute Gasteiger partial charge is 0.504 e. The Balaban J connectivity index is 2.22. The van der Waals surface area contributed by atoms with Gasteiger partial charge in [0.05, 0.1) is 5.56 Å².